The lowest BCUT2D eigenvalue weighted by Gasteiger charge is -2.09. The molecule has 0 fully saturated rings. The maximum Gasteiger partial charge on any atom is 0.340 e. The zero-order valence-corrected chi connectivity index (χ0v) is 15.4. The fraction of sp³-hybridized carbons (Fsp3) is 0.231. The molecule has 0 aliphatic rings. The summed E-state index contributed by atoms with van der Waals surface area (Å²) in [6.07, 6.45) is 0. The molecule has 2 rings (SSSR count). The van der Waals surface area contributed by atoms with E-state index >= 15 is 0 Å². The second kappa shape index (κ2) is 7.97. The molecule has 0 unspecified atom stereocenters. The van der Waals surface area contributed by atoms with Gasteiger partial charge < -0.3 is 14.2 Å². The Balaban J connectivity index is 2.20. The first-order valence-corrected chi connectivity index (χ1v) is 9.13. The Morgan fingerprint density at radius 2 is 1.73 bits per heavy atom. The molecule has 0 bridgehead atoms. The van der Waals surface area contributed by atoms with Crippen LogP contribution < -0.4 is 19.5 Å². The number of ether oxygens (including phenoxy) is 3. The van der Waals surface area contributed by atoms with E-state index in [4.69, 9.17) is 9.47 Å². The van der Waals surface area contributed by atoms with Gasteiger partial charge in [-0.2, -0.15) is 9.97 Å². The van der Waals surface area contributed by atoms with E-state index in [1.54, 1.807) is 4.72 Å². The van der Waals surface area contributed by atoms with Gasteiger partial charge in [0.05, 0.1) is 33.0 Å². The number of hydrogen-bond acceptors (Lipinski definition) is 10. The summed E-state index contributed by atoms with van der Waals surface area (Å²) in [5.74, 6) is -0.886. The number of hydrogen-bond donors (Lipinski definition) is 2. The normalized spacial score (nSPS) is 10.7. The van der Waals surface area contributed by atoms with Gasteiger partial charge in [-0.05, 0) is 11.4 Å². The standard InChI is InChI=1S/C13H14N4O7S2/c1-22-8-6-9(23-2)15-12(14-8)16-13(19)17-26(20,21)11-7(4-5-25-11)10(18)24-3/h4-6H,1-3H3,(H2,14,15,16,17,19). The molecule has 0 saturated carbocycles. The Labute approximate surface area is 152 Å². The van der Waals surface area contributed by atoms with Crippen molar-refractivity contribution in [2.75, 3.05) is 26.6 Å². The van der Waals surface area contributed by atoms with Crippen LogP contribution in [0.1, 0.15) is 10.4 Å². The van der Waals surface area contributed by atoms with E-state index in [0.717, 1.165) is 18.4 Å². The fourth-order valence-corrected chi connectivity index (χ4v) is 3.96. The molecule has 140 valence electrons. The molecule has 2 N–H and O–H groups in total. The van der Waals surface area contributed by atoms with Crippen LogP contribution in [0.15, 0.2) is 21.7 Å². The van der Waals surface area contributed by atoms with Gasteiger partial charge in [-0.1, -0.05) is 0 Å². The van der Waals surface area contributed by atoms with Gasteiger partial charge in [0.2, 0.25) is 17.7 Å². The molecule has 0 saturated heterocycles. The number of thiophene rings is 1. The Morgan fingerprint density at radius 3 is 2.27 bits per heavy atom. The molecule has 0 spiro atoms. The molecule has 2 amide bonds. The van der Waals surface area contributed by atoms with Crippen molar-refractivity contribution in [3.8, 4) is 11.8 Å². The Hall–Kier alpha value is -2.93. The highest BCUT2D eigenvalue weighted by molar-refractivity contribution is 7.92. The van der Waals surface area contributed by atoms with Crippen LogP contribution >= 0.6 is 11.3 Å². The quantitative estimate of drug-likeness (QED) is 0.671. The first-order chi connectivity index (χ1) is 12.3. The Kier molecular flexibility index (Phi) is 5.94. The number of amides is 2. The zero-order valence-electron chi connectivity index (χ0n) is 13.8. The summed E-state index contributed by atoms with van der Waals surface area (Å²) in [5, 5.41) is 3.53. The van der Waals surface area contributed by atoms with Gasteiger partial charge in [-0.15, -0.1) is 11.3 Å². The zero-order chi connectivity index (χ0) is 19.3. The van der Waals surface area contributed by atoms with Crippen molar-refractivity contribution in [2.45, 2.75) is 4.21 Å². The highest BCUT2D eigenvalue weighted by Gasteiger charge is 2.27. The minimum absolute atomic E-state index is 0.0984. The van der Waals surface area contributed by atoms with Crippen LogP contribution in [0.4, 0.5) is 10.7 Å². The predicted molar refractivity (Wildman–Crippen MR) is 90.1 cm³/mol. The van der Waals surface area contributed by atoms with Crippen molar-refractivity contribution in [2.24, 2.45) is 0 Å². The van der Waals surface area contributed by atoms with Crippen LogP contribution in [0.2, 0.25) is 0 Å². The monoisotopic (exact) mass is 402 g/mol. The third-order valence-corrected chi connectivity index (χ3v) is 5.64. The number of carbonyl (C=O) groups is 2. The minimum atomic E-state index is -4.32. The van der Waals surface area contributed by atoms with Crippen LogP contribution in [0.5, 0.6) is 11.8 Å². The van der Waals surface area contributed by atoms with E-state index in [9.17, 15) is 18.0 Å². The number of esters is 1. The predicted octanol–water partition coefficient (Wildman–Crippen LogP) is 0.852. The number of aromatic nitrogens is 2. The number of nitrogens with one attached hydrogen (secondary N) is 2. The molecule has 13 heteroatoms. The van der Waals surface area contributed by atoms with Crippen molar-refractivity contribution < 1.29 is 32.2 Å². The Morgan fingerprint density at radius 1 is 1.12 bits per heavy atom. The van der Waals surface area contributed by atoms with Gasteiger partial charge in [0.25, 0.3) is 10.0 Å². The fourth-order valence-electron chi connectivity index (χ4n) is 1.73. The lowest BCUT2D eigenvalue weighted by molar-refractivity contribution is 0.0597. The number of nitrogens with zero attached hydrogens (tertiary/aromatic N) is 2. The number of carbonyl (C=O) groups excluding carboxylic acids is 2. The van der Waals surface area contributed by atoms with E-state index in [1.165, 1.54) is 31.7 Å². The van der Waals surface area contributed by atoms with Gasteiger partial charge >= 0.3 is 12.0 Å². The SMILES string of the molecule is COC(=O)c1ccsc1S(=O)(=O)NC(=O)Nc1nc(OC)cc(OC)n1. The molecule has 26 heavy (non-hydrogen) atoms. The van der Waals surface area contributed by atoms with Gasteiger partial charge in [0.15, 0.2) is 4.21 Å². The van der Waals surface area contributed by atoms with Crippen molar-refractivity contribution >= 4 is 39.3 Å². The first kappa shape index (κ1) is 19.4. The maximum absolute atomic E-state index is 12.3. The van der Waals surface area contributed by atoms with Gasteiger partial charge in [0, 0.05) is 0 Å². The molecular weight excluding hydrogens is 388 g/mol. The second-order valence-electron chi connectivity index (χ2n) is 4.45. The maximum atomic E-state index is 12.3. The number of methoxy groups -OCH3 is 3. The molecule has 11 nitrogen and oxygen atoms in total. The van der Waals surface area contributed by atoms with Gasteiger partial charge in [-0.3, -0.25) is 5.32 Å². The molecule has 0 aromatic carbocycles. The summed E-state index contributed by atoms with van der Waals surface area (Å²) in [4.78, 5) is 31.3. The van der Waals surface area contributed by atoms with Crippen LogP contribution in [0.25, 0.3) is 0 Å². The van der Waals surface area contributed by atoms with Crippen molar-refractivity contribution in [3.63, 3.8) is 0 Å². The van der Waals surface area contributed by atoms with E-state index in [1.807, 2.05) is 0 Å². The highest BCUT2D eigenvalue weighted by Crippen LogP contribution is 2.23. The largest absolute Gasteiger partial charge is 0.481 e. The lowest BCUT2D eigenvalue weighted by Crippen LogP contribution is -2.35. The van der Waals surface area contributed by atoms with E-state index in [-0.39, 0.29) is 27.5 Å². The molecule has 0 radical (unpaired) electrons. The topological polar surface area (TPSA) is 146 Å². The molecular formula is C13H14N4O7S2. The number of anilines is 1. The average Bonchev–Trinajstić information content (AvgIpc) is 3.10. The number of urea groups is 1. The molecule has 0 aliphatic carbocycles. The minimum Gasteiger partial charge on any atom is -0.481 e. The van der Waals surface area contributed by atoms with Crippen LogP contribution in [0, 0.1) is 0 Å². The summed E-state index contributed by atoms with van der Waals surface area (Å²) in [6.45, 7) is 0. The third-order valence-electron chi connectivity index (χ3n) is 2.83. The van der Waals surface area contributed by atoms with Crippen molar-refractivity contribution in [1.29, 1.82) is 0 Å². The molecule has 2 aromatic heterocycles. The van der Waals surface area contributed by atoms with E-state index in [2.05, 4.69) is 20.0 Å². The van der Waals surface area contributed by atoms with Crippen LogP contribution in [-0.4, -0.2) is 51.7 Å². The lowest BCUT2D eigenvalue weighted by atomic mass is 10.3. The van der Waals surface area contributed by atoms with Gasteiger partial charge in [-0.25, -0.2) is 22.7 Å². The Bertz CT molecular complexity index is 904. The first-order valence-electron chi connectivity index (χ1n) is 6.77. The molecule has 2 heterocycles. The summed E-state index contributed by atoms with van der Waals surface area (Å²) in [5.41, 5.74) is -0.183. The highest BCUT2D eigenvalue weighted by atomic mass is 32.2. The molecule has 0 aliphatic heterocycles. The van der Waals surface area contributed by atoms with Crippen LogP contribution in [-0.2, 0) is 14.8 Å². The third kappa shape index (κ3) is 4.37. The molecule has 0 atom stereocenters. The smallest absolute Gasteiger partial charge is 0.340 e. The summed E-state index contributed by atoms with van der Waals surface area (Å²) < 4.78 is 40.4. The van der Waals surface area contributed by atoms with Crippen molar-refractivity contribution in [3.05, 3.63) is 23.1 Å². The number of rotatable bonds is 6. The van der Waals surface area contributed by atoms with Crippen molar-refractivity contribution in [1.82, 2.24) is 14.7 Å². The van der Waals surface area contributed by atoms with Gasteiger partial charge in [0.1, 0.15) is 0 Å². The second-order valence-corrected chi connectivity index (χ2v) is 7.24. The van der Waals surface area contributed by atoms with E-state index < -0.39 is 22.0 Å². The van der Waals surface area contributed by atoms with E-state index in [0.29, 0.717) is 0 Å². The summed E-state index contributed by atoms with van der Waals surface area (Å²) >= 11 is 0.758. The van der Waals surface area contributed by atoms with Crippen LogP contribution in [0.3, 0.4) is 0 Å². The molecule has 2 aromatic rings. The number of sulfonamides is 1. The average molecular weight is 402 g/mol. The summed E-state index contributed by atoms with van der Waals surface area (Å²) in [7, 11) is -0.504. The summed E-state index contributed by atoms with van der Waals surface area (Å²) in [6, 6.07) is 1.51.